The Labute approximate surface area is 132 Å². The van der Waals surface area contributed by atoms with Gasteiger partial charge in [0.1, 0.15) is 11.2 Å². The average Bonchev–Trinajstić information content (AvgIpc) is 2.51. The van der Waals surface area contributed by atoms with E-state index < -0.39 is 0 Å². The number of urea groups is 1. The van der Waals surface area contributed by atoms with Crippen LogP contribution in [0.3, 0.4) is 0 Å². The summed E-state index contributed by atoms with van der Waals surface area (Å²) < 4.78 is 13.4. The van der Waals surface area contributed by atoms with E-state index in [9.17, 15) is 9.18 Å². The summed E-state index contributed by atoms with van der Waals surface area (Å²) in [5.74, 6) is -0.268. The Bertz CT molecular complexity index is 683. The molecule has 2 aromatic carbocycles. The van der Waals surface area contributed by atoms with Crippen molar-refractivity contribution in [2.45, 2.75) is 11.3 Å². The second-order valence-electron chi connectivity index (χ2n) is 4.44. The summed E-state index contributed by atoms with van der Waals surface area (Å²) in [4.78, 5) is 12.5. The van der Waals surface area contributed by atoms with Crippen LogP contribution in [0.5, 0.6) is 0 Å². The van der Waals surface area contributed by atoms with Crippen molar-refractivity contribution in [3.63, 3.8) is 0 Å². The van der Waals surface area contributed by atoms with Crippen LogP contribution in [-0.4, -0.2) is 12.6 Å². The highest BCUT2D eigenvalue weighted by atomic mass is 32.2. The third-order valence-electron chi connectivity index (χ3n) is 2.91. The van der Waals surface area contributed by atoms with Gasteiger partial charge in [-0.1, -0.05) is 18.2 Å². The second-order valence-corrected chi connectivity index (χ2v) is 5.30. The zero-order valence-corrected chi connectivity index (χ0v) is 12.5. The third kappa shape index (κ3) is 4.79. The lowest BCUT2D eigenvalue weighted by atomic mass is 10.1. The third-order valence-corrected chi connectivity index (χ3v) is 3.51. The van der Waals surface area contributed by atoms with E-state index in [1.54, 1.807) is 42.5 Å². The molecule has 0 aliphatic heterocycles. The van der Waals surface area contributed by atoms with Crippen LogP contribution in [0, 0.1) is 16.5 Å². The number of amides is 2. The van der Waals surface area contributed by atoms with Crippen molar-refractivity contribution in [3.8, 4) is 5.40 Å². The van der Waals surface area contributed by atoms with Crippen LogP contribution in [0.2, 0.25) is 0 Å². The molecule has 6 heteroatoms. The van der Waals surface area contributed by atoms with Crippen molar-refractivity contribution in [1.82, 2.24) is 5.32 Å². The summed E-state index contributed by atoms with van der Waals surface area (Å²) >= 11 is 1.06. The Kier molecular flexibility index (Phi) is 5.81. The molecule has 0 bridgehead atoms. The Morgan fingerprint density at radius 3 is 2.59 bits per heavy atom. The summed E-state index contributed by atoms with van der Waals surface area (Å²) in [5.41, 5.74) is 1.20. The van der Waals surface area contributed by atoms with Crippen LogP contribution >= 0.6 is 11.8 Å². The Morgan fingerprint density at radius 1 is 1.18 bits per heavy atom. The second kappa shape index (κ2) is 8.05. The first kappa shape index (κ1) is 15.9. The molecule has 112 valence electrons. The fraction of sp³-hybridized carbons (Fsp3) is 0.125. The Balaban J connectivity index is 1.78. The number of hydrogen-bond acceptors (Lipinski definition) is 3. The highest BCUT2D eigenvalue weighted by Crippen LogP contribution is 2.18. The van der Waals surface area contributed by atoms with Gasteiger partial charge in [-0.05, 0) is 54.1 Å². The summed E-state index contributed by atoms with van der Waals surface area (Å²) in [7, 11) is 0. The molecule has 2 aromatic rings. The van der Waals surface area contributed by atoms with E-state index in [1.807, 2.05) is 5.40 Å². The van der Waals surface area contributed by atoms with Crippen LogP contribution in [0.1, 0.15) is 5.56 Å². The molecule has 0 aromatic heterocycles. The zero-order valence-electron chi connectivity index (χ0n) is 11.7. The summed E-state index contributed by atoms with van der Waals surface area (Å²) in [5, 5.41) is 15.9. The molecule has 0 fully saturated rings. The molecule has 0 radical (unpaired) electrons. The van der Waals surface area contributed by atoms with Crippen molar-refractivity contribution in [3.05, 3.63) is 59.9 Å². The standard InChI is InChI=1S/C16H14FN3OS/c17-15-4-2-1-3-12(15)9-10-19-16(21)20-13-5-7-14(8-6-13)22-11-18/h1-8H,9-10H2,(H2,19,20,21). The van der Waals surface area contributed by atoms with Gasteiger partial charge < -0.3 is 10.6 Å². The molecule has 0 saturated carbocycles. The number of carbonyl (C=O) groups excluding carboxylic acids is 1. The summed E-state index contributed by atoms with van der Waals surface area (Å²) in [6.45, 7) is 0.342. The lowest BCUT2D eigenvalue weighted by Gasteiger charge is -2.08. The van der Waals surface area contributed by atoms with E-state index in [0.29, 0.717) is 24.2 Å². The maximum absolute atomic E-state index is 13.4. The van der Waals surface area contributed by atoms with Crippen LogP contribution < -0.4 is 10.6 Å². The number of benzene rings is 2. The van der Waals surface area contributed by atoms with Gasteiger partial charge in [0, 0.05) is 17.1 Å². The van der Waals surface area contributed by atoms with Gasteiger partial charge in [-0.3, -0.25) is 0 Å². The molecule has 0 aliphatic carbocycles. The Hall–Kier alpha value is -2.52. The maximum Gasteiger partial charge on any atom is 0.319 e. The topological polar surface area (TPSA) is 64.9 Å². The molecule has 2 N–H and O–H groups in total. The normalized spacial score (nSPS) is 9.82. The Morgan fingerprint density at radius 2 is 1.91 bits per heavy atom. The minimum Gasteiger partial charge on any atom is -0.338 e. The maximum atomic E-state index is 13.4. The summed E-state index contributed by atoms with van der Waals surface area (Å²) in [6, 6.07) is 13.1. The number of carbonyl (C=O) groups is 1. The first-order chi connectivity index (χ1) is 10.7. The van der Waals surface area contributed by atoms with E-state index in [4.69, 9.17) is 5.26 Å². The minimum atomic E-state index is -0.350. The predicted molar refractivity (Wildman–Crippen MR) is 85.0 cm³/mol. The average molecular weight is 315 g/mol. The van der Waals surface area contributed by atoms with Crippen molar-refractivity contribution < 1.29 is 9.18 Å². The van der Waals surface area contributed by atoms with Gasteiger partial charge in [0.15, 0.2) is 0 Å². The molecule has 0 heterocycles. The van der Waals surface area contributed by atoms with Gasteiger partial charge in [0.25, 0.3) is 0 Å². The van der Waals surface area contributed by atoms with Crippen molar-refractivity contribution >= 4 is 23.5 Å². The van der Waals surface area contributed by atoms with Crippen LogP contribution in [0.4, 0.5) is 14.9 Å². The number of nitrogens with one attached hydrogen (secondary N) is 2. The fourth-order valence-electron chi connectivity index (χ4n) is 1.85. The van der Waals surface area contributed by atoms with Crippen LogP contribution in [0.25, 0.3) is 0 Å². The minimum absolute atomic E-state index is 0.268. The molecule has 0 saturated heterocycles. The molecule has 22 heavy (non-hydrogen) atoms. The zero-order chi connectivity index (χ0) is 15.8. The number of anilines is 1. The van der Waals surface area contributed by atoms with Gasteiger partial charge in [0.05, 0.1) is 0 Å². The predicted octanol–water partition coefficient (Wildman–Crippen LogP) is 3.76. The first-order valence-electron chi connectivity index (χ1n) is 6.63. The van der Waals surface area contributed by atoms with E-state index in [2.05, 4.69) is 10.6 Å². The molecule has 4 nitrogen and oxygen atoms in total. The molecule has 0 spiro atoms. The molecular weight excluding hydrogens is 301 g/mol. The molecule has 2 rings (SSSR count). The van der Waals surface area contributed by atoms with E-state index >= 15 is 0 Å². The summed E-state index contributed by atoms with van der Waals surface area (Å²) in [6.07, 6.45) is 0.428. The van der Waals surface area contributed by atoms with Gasteiger partial charge in [-0.15, -0.1) is 0 Å². The van der Waals surface area contributed by atoms with Gasteiger partial charge in [-0.25, -0.2) is 9.18 Å². The highest BCUT2D eigenvalue weighted by molar-refractivity contribution is 8.03. The number of thioether (sulfide) groups is 1. The molecule has 2 amide bonds. The number of nitrogens with zero attached hydrogens (tertiary/aromatic N) is 1. The van der Waals surface area contributed by atoms with Gasteiger partial charge in [-0.2, -0.15) is 5.26 Å². The van der Waals surface area contributed by atoms with Crippen molar-refractivity contribution in [2.24, 2.45) is 0 Å². The van der Waals surface area contributed by atoms with E-state index in [0.717, 1.165) is 16.7 Å². The molecule has 0 atom stereocenters. The fourth-order valence-corrected chi connectivity index (χ4v) is 2.22. The smallest absolute Gasteiger partial charge is 0.319 e. The monoisotopic (exact) mass is 315 g/mol. The number of halogens is 1. The number of rotatable bonds is 5. The van der Waals surface area contributed by atoms with Gasteiger partial charge >= 0.3 is 6.03 Å². The quantitative estimate of drug-likeness (QED) is 0.652. The van der Waals surface area contributed by atoms with E-state index in [-0.39, 0.29) is 11.8 Å². The highest BCUT2D eigenvalue weighted by Gasteiger charge is 2.04. The molecular formula is C16H14FN3OS. The van der Waals surface area contributed by atoms with Gasteiger partial charge in [0.2, 0.25) is 0 Å². The van der Waals surface area contributed by atoms with Crippen molar-refractivity contribution in [2.75, 3.05) is 11.9 Å². The number of nitriles is 1. The van der Waals surface area contributed by atoms with Crippen LogP contribution in [-0.2, 0) is 6.42 Å². The van der Waals surface area contributed by atoms with Crippen molar-refractivity contribution in [1.29, 1.82) is 5.26 Å². The first-order valence-corrected chi connectivity index (χ1v) is 7.45. The SMILES string of the molecule is N#CSc1ccc(NC(=O)NCCc2ccccc2F)cc1. The van der Waals surface area contributed by atoms with Crippen LogP contribution in [0.15, 0.2) is 53.4 Å². The largest absolute Gasteiger partial charge is 0.338 e. The number of thiocyanates is 1. The van der Waals surface area contributed by atoms with E-state index in [1.165, 1.54) is 6.07 Å². The lowest BCUT2D eigenvalue weighted by molar-refractivity contribution is 0.252. The molecule has 0 aliphatic rings. The number of hydrogen-bond donors (Lipinski definition) is 2. The molecule has 0 unspecified atom stereocenters. The lowest BCUT2D eigenvalue weighted by Crippen LogP contribution is -2.30.